The van der Waals surface area contributed by atoms with E-state index >= 15 is 0 Å². The molecule has 0 unspecified atom stereocenters. The lowest BCUT2D eigenvalue weighted by molar-refractivity contribution is -0.117. The highest BCUT2D eigenvalue weighted by atomic mass is 19.1. The number of carbonyl (C=O) groups is 2. The van der Waals surface area contributed by atoms with Crippen molar-refractivity contribution in [1.29, 1.82) is 0 Å². The lowest BCUT2D eigenvalue weighted by atomic mass is 10.2. The van der Waals surface area contributed by atoms with Gasteiger partial charge in [0.05, 0.1) is 29.8 Å². The summed E-state index contributed by atoms with van der Waals surface area (Å²) in [6.45, 7) is 3.57. The van der Waals surface area contributed by atoms with E-state index in [0.717, 1.165) is 6.42 Å². The maximum absolute atomic E-state index is 13.8. The molecule has 1 aliphatic carbocycles. The SMILES string of the molecule is C[C@@H]1C[C@H]1C(=O)Nc1cnc(-c2cnn(C)c2NC(=O)O[C@H](C)c2cccnc2F)nc1. The Labute approximate surface area is 183 Å². The molecular formula is C21H22FN7O3. The Balaban J connectivity index is 1.44. The Morgan fingerprint density at radius 2 is 1.94 bits per heavy atom. The second kappa shape index (κ2) is 8.69. The van der Waals surface area contributed by atoms with Gasteiger partial charge in [-0.05, 0) is 31.4 Å². The molecule has 0 saturated heterocycles. The van der Waals surface area contributed by atoms with Gasteiger partial charge in [0, 0.05) is 24.7 Å². The summed E-state index contributed by atoms with van der Waals surface area (Å²) in [6.07, 6.45) is 5.04. The molecule has 10 nitrogen and oxygen atoms in total. The first-order valence-corrected chi connectivity index (χ1v) is 10.1. The van der Waals surface area contributed by atoms with Crippen LogP contribution in [0.1, 0.15) is 31.9 Å². The van der Waals surface area contributed by atoms with E-state index in [-0.39, 0.29) is 17.4 Å². The predicted molar refractivity (Wildman–Crippen MR) is 113 cm³/mol. The number of carbonyl (C=O) groups excluding carboxylic acids is 2. The molecule has 2 N–H and O–H groups in total. The first-order chi connectivity index (χ1) is 15.3. The minimum atomic E-state index is -0.853. The number of halogens is 1. The van der Waals surface area contributed by atoms with Crippen molar-refractivity contribution in [2.75, 3.05) is 10.6 Å². The van der Waals surface area contributed by atoms with Crippen LogP contribution in [0.25, 0.3) is 11.4 Å². The molecule has 2 amide bonds. The van der Waals surface area contributed by atoms with Crippen molar-refractivity contribution in [1.82, 2.24) is 24.7 Å². The fraction of sp³-hybridized carbons (Fsp3) is 0.333. The molecule has 3 heterocycles. The zero-order chi connectivity index (χ0) is 22.8. The molecule has 4 rings (SSSR count). The fourth-order valence-electron chi connectivity index (χ4n) is 3.26. The van der Waals surface area contributed by atoms with Crippen molar-refractivity contribution in [2.45, 2.75) is 26.4 Å². The molecule has 3 aromatic heterocycles. The maximum Gasteiger partial charge on any atom is 0.413 e. The van der Waals surface area contributed by atoms with Gasteiger partial charge in [0.25, 0.3) is 0 Å². The number of ether oxygens (including phenoxy) is 1. The molecule has 3 atom stereocenters. The van der Waals surface area contributed by atoms with Crippen LogP contribution in [0.3, 0.4) is 0 Å². The summed E-state index contributed by atoms with van der Waals surface area (Å²) in [5.74, 6) is 0.300. The van der Waals surface area contributed by atoms with Gasteiger partial charge in [0.2, 0.25) is 11.9 Å². The van der Waals surface area contributed by atoms with Crippen molar-refractivity contribution < 1.29 is 18.7 Å². The van der Waals surface area contributed by atoms with Crippen LogP contribution in [-0.2, 0) is 16.6 Å². The Bertz CT molecular complexity index is 1150. The summed E-state index contributed by atoms with van der Waals surface area (Å²) in [6, 6.07) is 3.05. The zero-order valence-electron chi connectivity index (χ0n) is 17.7. The van der Waals surface area contributed by atoms with Gasteiger partial charge in [-0.2, -0.15) is 9.49 Å². The van der Waals surface area contributed by atoms with E-state index in [1.165, 1.54) is 35.5 Å². The quantitative estimate of drug-likeness (QED) is 0.565. The predicted octanol–water partition coefficient (Wildman–Crippen LogP) is 3.32. The van der Waals surface area contributed by atoms with Crippen molar-refractivity contribution in [2.24, 2.45) is 18.9 Å². The number of pyridine rings is 1. The highest BCUT2D eigenvalue weighted by Gasteiger charge is 2.39. The van der Waals surface area contributed by atoms with E-state index in [1.807, 2.05) is 6.92 Å². The van der Waals surface area contributed by atoms with Crippen LogP contribution in [0.2, 0.25) is 0 Å². The monoisotopic (exact) mass is 439 g/mol. The molecule has 0 aromatic carbocycles. The van der Waals surface area contributed by atoms with Gasteiger partial charge in [-0.25, -0.2) is 19.7 Å². The lowest BCUT2D eigenvalue weighted by Crippen LogP contribution is -2.19. The van der Waals surface area contributed by atoms with Crippen molar-refractivity contribution in [3.63, 3.8) is 0 Å². The Hall–Kier alpha value is -3.89. The molecule has 0 bridgehead atoms. The summed E-state index contributed by atoms with van der Waals surface area (Å²) in [7, 11) is 1.63. The normalized spacial score (nSPS) is 18.0. The molecule has 1 aliphatic rings. The first-order valence-electron chi connectivity index (χ1n) is 10.1. The van der Waals surface area contributed by atoms with Gasteiger partial charge < -0.3 is 10.1 Å². The van der Waals surface area contributed by atoms with E-state index in [2.05, 4.69) is 30.7 Å². The molecule has 1 fully saturated rings. The molecule has 3 aromatic rings. The third-order valence-corrected chi connectivity index (χ3v) is 5.28. The summed E-state index contributed by atoms with van der Waals surface area (Å²) >= 11 is 0. The van der Waals surface area contributed by atoms with Crippen LogP contribution in [0.4, 0.5) is 20.7 Å². The summed E-state index contributed by atoms with van der Waals surface area (Å²) in [4.78, 5) is 36.6. The molecule has 0 spiro atoms. The van der Waals surface area contributed by atoms with Crippen molar-refractivity contribution >= 4 is 23.5 Å². The van der Waals surface area contributed by atoms with Crippen molar-refractivity contribution in [3.05, 3.63) is 48.4 Å². The minimum absolute atomic E-state index is 0.0392. The van der Waals surface area contributed by atoms with E-state index in [9.17, 15) is 14.0 Å². The number of hydrogen-bond acceptors (Lipinski definition) is 7. The fourth-order valence-corrected chi connectivity index (χ4v) is 3.26. The minimum Gasteiger partial charge on any atom is -0.441 e. The van der Waals surface area contributed by atoms with Crippen molar-refractivity contribution in [3.8, 4) is 11.4 Å². The molecule has 0 radical (unpaired) electrons. The Morgan fingerprint density at radius 3 is 2.59 bits per heavy atom. The number of anilines is 2. The summed E-state index contributed by atoms with van der Waals surface area (Å²) < 4.78 is 20.5. The van der Waals surface area contributed by atoms with Crippen LogP contribution < -0.4 is 10.6 Å². The van der Waals surface area contributed by atoms with Crippen LogP contribution in [0.5, 0.6) is 0 Å². The number of aromatic nitrogens is 5. The second-order valence-electron chi connectivity index (χ2n) is 7.69. The number of rotatable bonds is 6. The molecule has 32 heavy (non-hydrogen) atoms. The van der Waals surface area contributed by atoms with E-state index in [0.29, 0.717) is 28.8 Å². The number of hydrogen-bond donors (Lipinski definition) is 2. The van der Waals surface area contributed by atoms with Gasteiger partial charge in [-0.1, -0.05) is 6.92 Å². The maximum atomic E-state index is 13.8. The third kappa shape index (κ3) is 4.56. The molecule has 11 heteroatoms. The van der Waals surface area contributed by atoms with Gasteiger partial charge in [0.1, 0.15) is 11.9 Å². The summed E-state index contributed by atoms with van der Waals surface area (Å²) in [5.41, 5.74) is 1.11. The average molecular weight is 439 g/mol. The first kappa shape index (κ1) is 21.3. The Kier molecular flexibility index (Phi) is 5.80. The molecule has 1 saturated carbocycles. The van der Waals surface area contributed by atoms with E-state index < -0.39 is 18.1 Å². The van der Waals surface area contributed by atoms with Crippen LogP contribution in [0, 0.1) is 17.8 Å². The molecular weight excluding hydrogens is 417 g/mol. The van der Waals surface area contributed by atoms with Gasteiger partial charge in [0.15, 0.2) is 5.82 Å². The number of aryl methyl sites for hydroxylation is 1. The van der Waals surface area contributed by atoms with E-state index in [1.54, 1.807) is 20.0 Å². The van der Waals surface area contributed by atoms with Gasteiger partial charge in [-0.15, -0.1) is 0 Å². The van der Waals surface area contributed by atoms with Crippen LogP contribution >= 0.6 is 0 Å². The highest BCUT2D eigenvalue weighted by Crippen LogP contribution is 2.38. The smallest absolute Gasteiger partial charge is 0.413 e. The van der Waals surface area contributed by atoms with Gasteiger partial charge >= 0.3 is 6.09 Å². The number of amides is 2. The van der Waals surface area contributed by atoms with E-state index in [4.69, 9.17) is 4.74 Å². The second-order valence-corrected chi connectivity index (χ2v) is 7.69. The largest absolute Gasteiger partial charge is 0.441 e. The van der Waals surface area contributed by atoms with Crippen LogP contribution in [0.15, 0.2) is 36.9 Å². The zero-order valence-corrected chi connectivity index (χ0v) is 17.7. The molecule has 0 aliphatic heterocycles. The average Bonchev–Trinajstić information content (AvgIpc) is 3.40. The van der Waals surface area contributed by atoms with Gasteiger partial charge in [-0.3, -0.25) is 14.8 Å². The topological polar surface area (TPSA) is 124 Å². The number of nitrogens with zero attached hydrogens (tertiary/aromatic N) is 5. The Morgan fingerprint density at radius 1 is 1.22 bits per heavy atom. The third-order valence-electron chi connectivity index (χ3n) is 5.28. The molecule has 166 valence electrons. The van der Waals surface area contributed by atoms with Crippen LogP contribution in [-0.4, -0.2) is 36.7 Å². The summed E-state index contributed by atoms with van der Waals surface area (Å²) in [5, 5.41) is 9.53. The highest BCUT2D eigenvalue weighted by molar-refractivity contribution is 5.94. The lowest BCUT2D eigenvalue weighted by Gasteiger charge is -2.15. The number of nitrogens with one attached hydrogen (secondary N) is 2. The standard InChI is InChI=1S/C21H22FN7O3/c1-11-7-15(11)20(30)27-13-8-24-18(25-9-13)16-10-26-29(3)19(16)28-21(31)32-12(2)14-5-4-6-23-17(14)22/h4-6,8-12,15H,7H2,1-3H3,(H,27,30)(H,28,31)/t11-,12-,15-/m1/s1.